The van der Waals surface area contributed by atoms with E-state index in [9.17, 15) is 4.79 Å². The summed E-state index contributed by atoms with van der Waals surface area (Å²) in [6.45, 7) is 0.561. The van der Waals surface area contributed by atoms with Gasteiger partial charge in [0.15, 0.2) is 0 Å². The summed E-state index contributed by atoms with van der Waals surface area (Å²) >= 11 is 0. The molecule has 2 N–H and O–H groups in total. The van der Waals surface area contributed by atoms with E-state index >= 15 is 0 Å². The molecular formula is C11H15N3O. The van der Waals surface area contributed by atoms with Crippen molar-refractivity contribution in [3.05, 3.63) is 30.1 Å². The van der Waals surface area contributed by atoms with Crippen molar-refractivity contribution in [2.75, 3.05) is 0 Å². The molecule has 2 rings (SSSR count). The number of H-pyrrole nitrogens is 1. The maximum atomic E-state index is 11.5. The molecule has 0 saturated heterocycles. The van der Waals surface area contributed by atoms with E-state index in [1.807, 2.05) is 0 Å². The number of nitrogens with one attached hydrogen (secondary N) is 2. The highest BCUT2D eigenvalue weighted by Crippen LogP contribution is 2.19. The summed E-state index contributed by atoms with van der Waals surface area (Å²) in [4.78, 5) is 11.5. The molecule has 4 nitrogen and oxygen atoms in total. The molecular weight excluding hydrogens is 190 g/mol. The van der Waals surface area contributed by atoms with Gasteiger partial charge in [-0.2, -0.15) is 5.10 Å². The predicted octanol–water partition coefficient (Wildman–Crippen LogP) is 1.38. The number of carbonyl (C=O) groups excluding carboxylic acids is 1. The monoisotopic (exact) mass is 205 g/mol. The molecule has 0 radical (unpaired) electrons. The number of amides is 1. The van der Waals surface area contributed by atoms with Crippen molar-refractivity contribution in [2.24, 2.45) is 5.92 Å². The molecule has 0 spiro atoms. The van der Waals surface area contributed by atoms with Crippen LogP contribution in [0.5, 0.6) is 0 Å². The second-order valence-corrected chi connectivity index (χ2v) is 3.85. The third-order valence-corrected chi connectivity index (χ3v) is 2.60. The van der Waals surface area contributed by atoms with Crippen molar-refractivity contribution in [3.8, 4) is 0 Å². The van der Waals surface area contributed by atoms with E-state index in [1.54, 1.807) is 12.4 Å². The first-order valence-electron chi connectivity index (χ1n) is 5.25. The Bertz CT molecular complexity index is 343. The average molecular weight is 205 g/mol. The van der Waals surface area contributed by atoms with Crippen molar-refractivity contribution in [1.82, 2.24) is 15.5 Å². The minimum atomic E-state index is 0.118. The van der Waals surface area contributed by atoms with Crippen LogP contribution >= 0.6 is 0 Å². The highest BCUT2D eigenvalue weighted by Gasteiger charge is 2.13. The Hall–Kier alpha value is -1.58. The lowest BCUT2D eigenvalue weighted by atomic mass is 10.1. The molecule has 1 aromatic heterocycles. The summed E-state index contributed by atoms with van der Waals surface area (Å²) < 4.78 is 0. The minimum Gasteiger partial charge on any atom is -0.352 e. The Morgan fingerprint density at radius 3 is 3.27 bits per heavy atom. The molecule has 1 aliphatic rings. The van der Waals surface area contributed by atoms with Crippen molar-refractivity contribution < 1.29 is 4.79 Å². The Balaban J connectivity index is 1.70. The van der Waals surface area contributed by atoms with E-state index in [2.05, 4.69) is 27.7 Å². The van der Waals surface area contributed by atoms with Gasteiger partial charge in [-0.05, 0) is 18.8 Å². The van der Waals surface area contributed by atoms with E-state index < -0.39 is 0 Å². The molecule has 1 aromatic rings. The van der Waals surface area contributed by atoms with Gasteiger partial charge in [-0.3, -0.25) is 9.89 Å². The van der Waals surface area contributed by atoms with E-state index in [4.69, 9.17) is 0 Å². The molecule has 15 heavy (non-hydrogen) atoms. The lowest BCUT2D eigenvalue weighted by molar-refractivity contribution is -0.121. The smallest absolute Gasteiger partial charge is 0.220 e. The van der Waals surface area contributed by atoms with Gasteiger partial charge in [-0.1, -0.05) is 12.2 Å². The molecule has 4 heteroatoms. The quantitative estimate of drug-likeness (QED) is 0.730. The third kappa shape index (κ3) is 2.94. The number of hydrogen-bond donors (Lipinski definition) is 2. The summed E-state index contributed by atoms with van der Waals surface area (Å²) in [6, 6.07) is 0. The van der Waals surface area contributed by atoms with Crippen LogP contribution in [0.25, 0.3) is 0 Å². The maximum absolute atomic E-state index is 11.5. The van der Waals surface area contributed by atoms with Crippen LogP contribution < -0.4 is 5.32 Å². The Labute approximate surface area is 88.8 Å². The number of rotatable bonds is 4. The van der Waals surface area contributed by atoms with E-state index in [0.29, 0.717) is 18.9 Å². The molecule has 0 bridgehead atoms. The zero-order valence-electron chi connectivity index (χ0n) is 8.57. The molecule has 1 atom stereocenters. The standard InChI is InChI=1S/C11H15N3O/c15-11(5-9-3-1-2-4-9)12-6-10-7-13-14-8-10/h1,3,7-9H,2,4-6H2,(H,12,15)(H,13,14). The van der Waals surface area contributed by atoms with Crippen molar-refractivity contribution in [1.29, 1.82) is 0 Å². The molecule has 0 saturated carbocycles. The Kier molecular flexibility index (Phi) is 3.17. The van der Waals surface area contributed by atoms with Crippen LogP contribution in [-0.4, -0.2) is 16.1 Å². The maximum Gasteiger partial charge on any atom is 0.220 e. The number of carbonyl (C=O) groups is 1. The normalized spacial score (nSPS) is 19.3. The number of aromatic amines is 1. The largest absolute Gasteiger partial charge is 0.352 e. The topological polar surface area (TPSA) is 57.8 Å². The second kappa shape index (κ2) is 4.77. The van der Waals surface area contributed by atoms with Gasteiger partial charge in [0.05, 0.1) is 6.20 Å². The lowest BCUT2D eigenvalue weighted by Gasteiger charge is -2.07. The predicted molar refractivity (Wildman–Crippen MR) is 56.9 cm³/mol. The summed E-state index contributed by atoms with van der Waals surface area (Å²) in [5, 5.41) is 9.41. The van der Waals surface area contributed by atoms with Crippen LogP contribution in [0.3, 0.4) is 0 Å². The summed E-state index contributed by atoms with van der Waals surface area (Å²) in [5.74, 6) is 0.557. The fraction of sp³-hybridized carbons (Fsp3) is 0.455. The fourth-order valence-corrected chi connectivity index (χ4v) is 1.75. The van der Waals surface area contributed by atoms with Crippen LogP contribution in [0, 0.1) is 5.92 Å². The number of hydrogen-bond acceptors (Lipinski definition) is 2. The third-order valence-electron chi connectivity index (χ3n) is 2.60. The minimum absolute atomic E-state index is 0.118. The van der Waals surface area contributed by atoms with Gasteiger partial charge in [-0.25, -0.2) is 0 Å². The Morgan fingerprint density at radius 1 is 1.67 bits per heavy atom. The van der Waals surface area contributed by atoms with Crippen molar-refractivity contribution in [3.63, 3.8) is 0 Å². The highest BCUT2D eigenvalue weighted by atomic mass is 16.1. The van der Waals surface area contributed by atoms with Gasteiger partial charge in [0.1, 0.15) is 0 Å². The second-order valence-electron chi connectivity index (χ2n) is 3.85. The number of aromatic nitrogens is 2. The first kappa shape index (κ1) is 9.96. The summed E-state index contributed by atoms with van der Waals surface area (Å²) in [5.41, 5.74) is 1.00. The van der Waals surface area contributed by atoms with Crippen molar-refractivity contribution in [2.45, 2.75) is 25.8 Å². The van der Waals surface area contributed by atoms with Gasteiger partial charge in [0.25, 0.3) is 0 Å². The van der Waals surface area contributed by atoms with Gasteiger partial charge in [-0.15, -0.1) is 0 Å². The molecule has 1 amide bonds. The first-order valence-corrected chi connectivity index (χ1v) is 5.25. The molecule has 1 aliphatic carbocycles. The van der Waals surface area contributed by atoms with Crippen LogP contribution in [0.15, 0.2) is 24.5 Å². The summed E-state index contributed by atoms with van der Waals surface area (Å²) in [6.07, 6.45) is 10.6. The van der Waals surface area contributed by atoms with Crippen molar-refractivity contribution >= 4 is 5.91 Å². The van der Waals surface area contributed by atoms with Gasteiger partial charge < -0.3 is 5.32 Å². The molecule has 80 valence electrons. The lowest BCUT2D eigenvalue weighted by Crippen LogP contribution is -2.24. The zero-order chi connectivity index (χ0) is 10.5. The van der Waals surface area contributed by atoms with E-state index in [1.165, 1.54) is 0 Å². The zero-order valence-corrected chi connectivity index (χ0v) is 8.57. The van der Waals surface area contributed by atoms with E-state index in [0.717, 1.165) is 18.4 Å². The first-order chi connectivity index (χ1) is 7.34. The van der Waals surface area contributed by atoms with Crippen LogP contribution in [0.1, 0.15) is 24.8 Å². The number of nitrogens with zero attached hydrogens (tertiary/aromatic N) is 1. The van der Waals surface area contributed by atoms with Crippen LogP contribution in [0.4, 0.5) is 0 Å². The van der Waals surface area contributed by atoms with Gasteiger partial charge in [0.2, 0.25) is 5.91 Å². The van der Waals surface area contributed by atoms with Crippen LogP contribution in [-0.2, 0) is 11.3 Å². The average Bonchev–Trinajstić information content (AvgIpc) is 2.86. The van der Waals surface area contributed by atoms with Crippen LogP contribution in [0.2, 0.25) is 0 Å². The van der Waals surface area contributed by atoms with E-state index in [-0.39, 0.29) is 5.91 Å². The molecule has 1 heterocycles. The highest BCUT2D eigenvalue weighted by molar-refractivity contribution is 5.76. The molecule has 0 aromatic carbocycles. The molecule has 1 unspecified atom stereocenters. The molecule has 0 fully saturated rings. The Morgan fingerprint density at radius 2 is 2.60 bits per heavy atom. The van der Waals surface area contributed by atoms with Gasteiger partial charge in [0, 0.05) is 24.7 Å². The number of allylic oxidation sites excluding steroid dienone is 2. The summed E-state index contributed by atoms with van der Waals surface area (Å²) in [7, 11) is 0. The fourth-order valence-electron chi connectivity index (χ4n) is 1.75. The van der Waals surface area contributed by atoms with Gasteiger partial charge >= 0.3 is 0 Å². The molecule has 0 aliphatic heterocycles. The SMILES string of the molecule is O=C(CC1C=CCC1)NCc1cn[nH]c1.